The summed E-state index contributed by atoms with van der Waals surface area (Å²) in [5.74, 6) is 0.550. The third-order valence-electron chi connectivity index (χ3n) is 6.64. The van der Waals surface area contributed by atoms with Gasteiger partial charge in [-0.25, -0.2) is 9.37 Å². The molecule has 180 valence electrons. The van der Waals surface area contributed by atoms with Crippen molar-refractivity contribution in [1.29, 1.82) is 0 Å². The van der Waals surface area contributed by atoms with E-state index in [1.165, 1.54) is 12.1 Å². The van der Waals surface area contributed by atoms with Crippen molar-refractivity contribution in [2.45, 2.75) is 25.4 Å². The van der Waals surface area contributed by atoms with Gasteiger partial charge in [0.25, 0.3) is 5.91 Å². The summed E-state index contributed by atoms with van der Waals surface area (Å²) < 4.78 is 19.2. The standard InChI is InChI=1S/C24H29FN6O3/c1-29-14-23(33)31(20-12-16(25)2-4-19(20)29)11-10-30-8-6-17(7-9-30)26-13-18-3-5-21-24(27-18)28-22(32)15-34-21/h2-5,12,17,26H,6-11,13-15H2,1H3,(H,27,28,32). The van der Waals surface area contributed by atoms with Crippen LogP contribution in [0.15, 0.2) is 30.3 Å². The molecular formula is C24H29FN6O3. The molecule has 0 unspecified atom stereocenters. The minimum Gasteiger partial charge on any atom is -0.480 e. The second kappa shape index (κ2) is 9.55. The lowest BCUT2D eigenvalue weighted by Gasteiger charge is -2.38. The molecule has 0 aliphatic carbocycles. The van der Waals surface area contributed by atoms with E-state index in [9.17, 15) is 14.0 Å². The maximum absolute atomic E-state index is 13.9. The molecule has 2 N–H and O–H groups in total. The van der Waals surface area contributed by atoms with Crippen LogP contribution >= 0.6 is 0 Å². The highest BCUT2D eigenvalue weighted by atomic mass is 19.1. The van der Waals surface area contributed by atoms with Gasteiger partial charge in [-0.3, -0.25) is 9.59 Å². The van der Waals surface area contributed by atoms with Crippen LogP contribution in [0.3, 0.4) is 0 Å². The van der Waals surface area contributed by atoms with Crippen molar-refractivity contribution in [3.63, 3.8) is 0 Å². The zero-order valence-corrected chi connectivity index (χ0v) is 19.2. The van der Waals surface area contributed by atoms with Crippen molar-refractivity contribution in [2.75, 3.05) is 61.5 Å². The number of ether oxygens (including phenoxy) is 1. The molecule has 0 bridgehead atoms. The number of halogens is 1. The van der Waals surface area contributed by atoms with E-state index in [0.717, 1.165) is 43.9 Å². The molecule has 2 aromatic rings. The van der Waals surface area contributed by atoms with Crippen molar-refractivity contribution in [2.24, 2.45) is 0 Å². The monoisotopic (exact) mass is 468 g/mol. The van der Waals surface area contributed by atoms with Gasteiger partial charge in [-0.05, 0) is 56.3 Å². The predicted octanol–water partition coefficient (Wildman–Crippen LogP) is 1.59. The molecular weight excluding hydrogens is 439 g/mol. The first-order chi connectivity index (χ1) is 16.5. The van der Waals surface area contributed by atoms with Gasteiger partial charge in [-0.15, -0.1) is 0 Å². The number of likely N-dealkylation sites (N-methyl/N-ethyl adjacent to an activating group) is 1. The number of anilines is 3. The number of hydrogen-bond acceptors (Lipinski definition) is 7. The smallest absolute Gasteiger partial charge is 0.263 e. The van der Waals surface area contributed by atoms with Crippen LogP contribution in [0.25, 0.3) is 0 Å². The first-order valence-electron chi connectivity index (χ1n) is 11.7. The number of carbonyl (C=O) groups is 2. The molecule has 5 rings (SSSR count). The highest BCUT2D eigenvalue weighted by Crippen LogP contribution is 2.33. The Morgan fingerprint density at radius 2 is 1.97 bits per heavy atom. The van der Waals surface area contributed by atoms with Crippen LogP contribution in [0.1, 0.15) is 18.5 Å². The summed E-state index contributed by atoms with van der Waals surface area (Å²) in [6, 6.07) is 8.74. The average molecular weight is 469 g/mol. The Morgan fingerprint density at radius 3 is 2.79 bits per heavy atom. The Balaban J connectivity index is 1.10. The number of nitrogens with one attached hydrogen (secondary N) is 2. The molecule has 9 nitrogen and oxygen atoms in total. The van der Waals surface area contributed by atoms with E-state index >= 15 is 0 Å². The van der Waals surface area contributed by atoms with Gasteiger partial charge in [-0.2, -0.15) is 0 Å². The van der Waals surface area contributed by atoms with Crippen LogP contribution in [0.5, 0.6) is 5.75 Å². The summed E-state index contributed by atoms with van der Waals surface area (Å²) in [7, 11) is 1.85. The van der Waals surface area contributed by atoms with Crippen LogP contribution in [0.2, 0.25) is 0 Å². The van der Waals surface area contributed by atoms with Crippen LogP contribution in [0, 0.1) is 5.82 Å². The molecule has 2 amide bonds. The molecule has 0 saturated carbocycles. The van der Waals surface area contributed by atoms with Crippen LogP contribution < -0.4 is 25.2 Å². The van der Waals surface area contributed by atoms with Crippen LogP contribution in [-0.4, -0.2) is 74.1 Å². The zero-order chi connectivity index (χ0) is 23.7. The highest BCUT2D eigenvalue weighted by Gasteiger charge is 2.28. The first kappa shape index (κ1) is 22.5. The third-order valence-corrected chi connectivity index (χ3v) is 6.64. The minimum absolute atomic E-state index is 0.00343. The SMILES string of the molecule is CN1CC(=O)N(CCN2CCC(NCc3ccc4c(n3)NC(=O)CO4)CC2)c2cc(F)ccc21. The van der Waals surface area contributed by atoms with Gasteiger partial charge in [0.1, 0.15) is 5.82 Å². The molecule has 1 fully saturated rings. The average Bonchev–Trinajstić information content (AvgIpc) is 2.83. The minimum atomic E-state index is -0.331. The largest absolute Gasteiger partial charge is 0.480 e. The Hall–Kier alpha value is -3.24. The van der Waals surface area contributed by atoms with Crippen molar-refractivity contribution in [1.82, 2.24) is 15.2 Å². The number of pyridine rings is 1. The maximum Gasteiger partial charge on any atom is 0.263 e. The lowest BCUT2D eigenvalue weighted by atomic mass is 10.0. The number of carbonyl (C=O) groups excluding carboxylic acids is 2. The summed E-state index contributed by atoms with van der Waals surface area (Å²) in [4.78, 5) is 34.5. The quantitative estimate of drug-likeness (QED) is 0.666. The van der Waals surface area contributed by atoms with E-state index in [2.05, 4.69) is 20.5 Å². The fourth-order valence-corrected chi connectivity index (χ4v) is 4.74. The van der Waals surface area contributed by atoms with E-state index in [0.29, 0.717) is 42.9 Å². The van der Waals surface area contributed by atoms with Gasteiger partial charge in [-0.1, -0.05) is 0 Å². The molecule has 1 saturated heterocycles. The first-order valence-corrected chi connectivity index (χ1v) is 11.7. The second-order valence-electron chi connectivity index (χ2n) is 9.02. The number of nitrogens with zero attached hydrogens (tertiary/aromatic N) is 4. The zero-order valence-electron chi connectivity index (χ0n) is 19.2. The number of rotatable bonds is 6. The number of fused-ring (bicyclic) bond motifs is 2. The van der Waals surface area contributed by atoms with E-state index in [1.54, 1.807) is 11.0 Å². The van der Waals surface area contributed by atoms with E-state index in [4.69, 9.17) is 4.74 Å². The summed E-state index contributed by atoms with van der Waals surface area (Å²) >= 11 is 0. The maximum atomic E-state index is 13.9. The Bertz CT molecular complexity index is 1090. The molecule has 3 aliphatic rings. The second-order valence-corrected chi connectivity index (χ2v) is 9.02. The van der Waals surface area contributed by atoms with Crippen molar-refractivity contribution in [3.8, 4) is 5.75 Å². The number of likely N-dealkylation sites (tertiary alicyclic amines) is 1. The normalized spacial score (nSPS) is 18.9. The number of hydrogen-bond donors (Lipinski definition) is 2. The summed E-state index contributed by atoms with van der Waals surface area (Å²) in [6.07, 6.45) is 1.99. The lowest BCUT2D eigenvalue weighted by Crippen LogP contribution is -2.49. The number of benzene rings is 1. The summed E-state index contributed by atoms with van der Waals surface area (Å²) in [6.45, 7) is 4.10. The number of amides is 2. The molecule has 1 aromatic carbocycles. The van der Waals surface area contributed by atoms with Crippen molar-refractivity contribution in [3.05, 3.63) is 41.8 Å². The van der Waals surface area contributed by atoms with Crippen molar-refractivity contribution < 1.29 is 18.7 Å². The van der Waals surface area contributed by atoms with Crippen LogP contribution in [-0.2, 0) is 16.1 Å². The third kappa shape index (κ3) is 4.83. The highest BCUT2D eigenvalue weighted by molar-refractivity contribution is 6.03. The Kier molecular flexibility index (Phi) is 6.34. The number of aromatic nitrogens is 1. The van der Waals surface area contributed by atoms with Gasteiger partial charge in [0.15, 0.2) is 18.2 Å². The predicted molar refractivity (Wildman–Crippen MR) is 127 cm³/mol. The van der Waals surface area contributed by atoms with E-state index < -0.39 is 0 Å². The van der Waals surface area contributed by atoms with Crippen molar-refractivity contribution >= 4 is 29.0 Å². The molecule has 1 aromatic heterocycles. The van der Waals surface area contributed by atoms with Gasteiger partial charge in [0.2, 0.25) is 5.91 Å². The van der Waals surface area contributed by atoms with E-state index in [-0.39, 0.29) is 24.2 Å². The molecule has 0 spiro atoms. The summed E-state index contributed by atoms with van der Waals surface area (Å²) in [5.41, 5.74) is 2.38. The molecule has 4 heterocycles. The fraction of sp³-hybridized carbons (Fsp3) is 0.458. The van der Waals surface area contributed by atoms with Gasteiger partial charge in [0, 0.05) is 32.7 Å². The van der Waals surface area contributed by atoms with Gasteiger partial charge < -0.3 is 30.1 Å². The molecule has 34 heavy (non-hydrogen) atoms. The fourth-order valence-electron chi connectivity index (χ4n) is 4.74. The van der Waals surface area contributed by atoms with Gasteiger partial charge in [0.05, 0.1) is 23.6 Å². The Labute approximate surface area is 197 Å². The van der Waals surface area contributed by atoms with Gasteiger partial charge >= 0.3 is 0 Å². The molecule has 0 atom stereocenters. The molecule has 10 heteroatoms. The topological polar surface area (TPSA) is 90.0 Å². The molecule has 0 radical (unpaired) electrons. The molecule has 3 aliphatic heterocycles. The van der Waals surface area contributed by atoms with Crippen LogP contribution in [0.4, 0.5) is 21.6 Å². The lowest BCUT2D eigenvalue weighted by molar-refractivity contribution is -0.119. The summed E-state index contributed by atoms with van der Waals surface area (Å²) in [5, 5.41) is 6.30. The van der Waals surface area contributed by atoms with E-state index in [1.807, 2.05) is 24.1 Å². The Morgan fingerprint density at radius 1 is 1.15 bits per heavy atom. The number of piperidine rings is 1.